The van der Waals surface area contributed by atoms with Gasteiger partial charge in [-0.25, -0.2) is 4.39 Å². The topological polar surface area (TPSA) is 58.6 Å². The Kier molecular flexibility index (Phi) is 8.19. The summed E-state index contributed by atoms with van der Waals surface area (Å²) >= 11 is 0. The molecule has 0 radical (unpaired) electrons. The molecule has 0 aliphatic rings. The van der Waals surface area contributed by atoms with E-state index in [4.69, 9.17) is 4.74 Å². The Bertz CT molecular complexity index is 823. The number of rotatable bonds is 9. The average molecular weight is 400 g/mol. The number of aryl methyl sites for hydroxylation is 1. The third-order valence-corrected chi connectivity index (χ3v) is 4.95. The molecule has 2 amide bonds. The number of nitrogens with zero attached hydrogens (tertiary/aromatic N) is 1. The van der Waals surface area contributed by atoms with Crippen LogP contribution in [0.3, 0.4) is 0 Å². The smallest absolute Gasteiger partial charge is 0.261 e. The van der Waals surface area contributed by atoms with Gasteiger partial charge >= 0.3 is 0 Å². The number of hydrogen-bond donors (Lipinski definition) is 1. The maximum absolute atomic E-state index is 13.0. The van der Waals surface area contributed by atoms with E-state index in [0.29, 0.717) is 12.3 Å². The Morgan fingerprint density at radius 3 is 2.38 bits per heavy atom. The highest BCUT2D eigenvalue weighted by Gasteiger charge is 2.27. The molecular weight excluding hydrogens is 371 g/mol. The number of nitrogens with one attached hydrogen (secondary N) is 1. The summed E-state index contributed by atoms with van der Waals surface area (Å²) < 4.78 is 18.6. The molecule has 29 heavy (non-hydrogen) atoms. The molecule has 2 aromatic carbocycles. The number of halogens is 1. The van der Waals surface area contributed by atoms with Crippen LogP contribution >= 0.6 is 0 Å². The second-order valence-corrected chi connectivity index (χ2v) is 7.18. The third kappa shape index (κ3) is 6.59. The highest BCUT2D eigenvalue weighted by Crippen LogP contribution is 2.15. The Labute approximate surface area is 171 Å². The molecule has 1 N–H and O–H groups in total. The van der Waals surface area contributed by atoms with Crippen molar-refractivity contribution in [3.05, 3.63) is 65.5 Å². The lowest BCUT2D eigenvalue weighted by atomic mass is 10.1. The SMILES string of the molecule is CC[C@H](C)NC(=O)[C@@H](C)N(Cc1ccccc1C)C(=O)COc1ccc(F)cc1. The maximum Gasteiger partial charge on any atom is 0.261 e. The first-order valence-corrected chi connectivity index (χ1v) is 9.84. The molecule has 0 aliphatic heterocycles. The zero-order valence-corrected chi connectivity index (χ0v) is 17.4. The monoisotopic (exact) mass is 400 g/mol. The summed E-state index contributed by atoms with van der Waals surface area (Å²) in [5.74, 6) is -0.500. The van der Waals surface area contributed by atoms with Crippen molar-refractivity contribution in [3.8, 4) is 5.75 Å². The zero-order chi connectivity index (χ0) is 21.4. The van der Waals surface area contributed by atoms with E-state index in [1.165, 1.54) is 29.2 Å². The van der Waals surface area contributed by atoms with Gasteiger partial charge in [-0.05, 0) is 62.6 Å². The van der Waals surface area contributed by atoms with Gasteiger partial charge in [0, 0.05) is 12.6 Å². The maximum atomic E-state index is 13.0. The number of carbonyl (C=O) groups excluding carboxylic acids is 2. The van der Waals surface area contributed by atoms with Crippen LogP contribution in [0, 0.1) is 12.7 Å². The van der Waals surface area contributed by atoms with Gasteiger partial charge in [-0.3, -0.25) is 9.59 Å². The fraction of sp³-hybridized carbons (Fsp3) is 0.391. The number of hydrogen-bond acceptors (Lipinski definition) is 3. The van der Waals surface area contributed by atoms with Crippen LogP contribution in [0.1, 0.15) is 38.3 Å². The second-order valence-electron chi connectivity index (χ2n) is 7.18. The van der Waals surface area contributed by atoms with Crippen LogP contribution < -0.4 is 10.1 Å². The predicted octanol–water partition coefficient (Wildman–Crippen LogP) is 3.84. The van der Waals surface area contributed by atoms with Gasteiger partial charge in [-0.15, -0.1) is 0 Å². The quantitative estimate of drug-likeness (QED) is 0.696. The van der Waals surface area contributed by atoms with Gasteiger partial charge < -0.3 is 15.0 Å². The first-order chi connectivity index (χ1) is 13.8. The lowest BCUT2D eigenvalue weighted by molar-refractivity contribution is -0.142. The van der Waals surface area contributed by atoms with E-state index in [9.17, 15) is 14.0 Å². The van der Waals surface area contributed by atoms with Gasteiger partial charge in [0.1, 0.15) is 17.6 Å². The number of carbonyl (C=O) groups is 2. The molecule has 0 heterocycles. The number of amides is 2. The van der Waals surface area contributed by atoms with Crippen LogP contribution in [-0.2, 0) is 16.1 Å². The van der Waals surface area contributed by atoms with Crippen molar-refractivity contribution in [2.45, 2.75) is 52.7 Å². The van der Waals surface area contributed by atoms with Crippen molar-refractivity contribution in [2.75, 3.05) is 6.61 Å². The Hall–Kier alpha value is -2.89. The molecule has 0 unspecified atom stereocenters. The van der Waals surface area contributed by atoms with Gasteiger partial charge in [-0.2, -0.15) is 0 Å². The molecule has 0 fully saturated rings. The summed E-state index contributed by atoms with van der Waals surface area (Å²) in [5.41, 5.74) is 2.00. The van der Waals surface area contributed by atoms with Gasteiger partial charge in [0.05, 0.1) is 0 Å². The van der Waals surface area contributed by atoms with Crippen molar-refractivity contribution in [1.82, 2.24) is 10.2 Å². The molecule has 0 spiro atoms. The first kappa shape index (κ1) is 22.4. The lowest BCUT2D eigenvalue weighted by Crippen LogP contribution is -2.50. The lowest BCUT2D eigenvalue weighted by Gasteiger charge is -2.30. The average Bonchev–Trinajstić information content (AvgIpc) is 2.71. The highest BCUT2D eigenvalue weighted by molar-refractivity contribution is 5.88. The molecule has 5 nitrogen and oxygen atoms in total. The molecule has 0 aliphatic carbocycles. The van der Waals surface area contributed by atoms with E-state index in [2.05, 4.69) is 5.32 Å². The van der Waals surface area contributed by atoms with Crippen molar-refractivity contribution in [2.24, 2.45) is 0 Å². The minimum atomic E-state index is -0.659. The third-order valence-electron chi connectivity index (χ3n) is 4.95. The fourth-order valence-corrected chi connectivity index (χ4v) is 2.78. The second kappa shape index (κ2) is 10.6. The largest absolute Gasteiger partial charge is 0.484 e. The van der Waals surface area contributed by atoms with Crippen LogP contribution in [0.2, 0.25) is 0 Å². The molecular formula is C23H29FN2O3. The van der Waals surface area contributed by atoms with Crippen molar-refractivity contribution in [3.63, 3.8) is 0 Å². The van der Waals surface area contributed by atoms with E-state index in [1.54, 1.807) is 6.92 Å². The van der Waals surface area contributed by atoms with Crippen LogP contribution in [0.25, 0.3) is 0 Å². The van der Waals surface area contributed by atoms with Crippen molar-refractivity contribution in [1.29, 1.82) is 0 Å². The number of benzene rings is 2. The van der Waals surface area contributed by atoms with Gasteiger partial charge in [0.25, 0.3) is 5.91 Å². The summed E-state index contributed by atoms with van der Waals surface area (Å²) in [7, 11) is 0. The molecule has 0 saturated carbocycles. The van der Waals surface area contributed by atoms with Gasteiger partial charge in [-0.1, -0.05) is 31.2 Å². The summed E-state index contributed by atoms with van der Waals surface area (Å²) in [6.07, 6.45) is 0.803. The minimum absolute atomic E-state index is 0.0239. The molecule has 2 aromatic rings. The van der Waals surface area contributed by atoms with Crippen LogP contribution in [-0.4, -0.2) is 35.4 Å². The Balaban J connectivity index is 2.15. The van der Waals surface area contributed by atoms with Crippen LogP contribution in [0.4, 0.5) is 4.39 Å². The van der Waals surface area contributed by atoms with E-state index < -0.39 is 6.04 Å². The van der Waals surface area contributed by atoms with E-state index in [0.717, 1.165) is 17.5 Å². The van der Waals surface area contributed by atoms with Crippen LogP contribution in [0.5, 0.6) is 5.75 Å². The zero-order valence-electron chi connectivity index (χ0n) is 17.4. The van der Waals surface area contributed by atoms with Gasteiger partial charge in [0.15, 0.2) is 6.61 Å². The molecule has 0 saturated heterocycles. The summed E-state index contributed by atoms with van der Waals surface area (Å²) in [5, 5.41) is 2.93. The summed E-state index contributed by atoms with van der Waals surface area (Å²) in [4.78, 5) is 27.1. The molecule has 6 heteroatoms. The van der Waals surface area contributed by atoms with Crippen molar-refractivity contribution < 1.29 is 18.7 Å². The summed E-state index contributed by atoms with van der Waals surface area (Å²) in [6, 6.07) is 12.6. The molecule has 0 aromatic heterocycles. The normalized spacial score (nSPS) is 12.7. The summed E-state index contributed by atoms with van der Waals surface area (Å²) in [6.45, 7) is 7.66. The Morgan fingerprint density at radius 2 is 1.76 bits per heavy atom. The standard InChI is InChI=1S/C23H29FN2O3/c1-5-17(3)25-23(28)18(4)26(14-19-9-7-6-8-16(19)2)22(27)15-29-21-12-10-20(24)11-13-21/h6-13,17-18H,5,14-15H2,1-4H3,(H,25,28)/t17-,18+/m0/s1. The van der Waals surface area contributed by atoms with Gasteiger partial charge in [0.2, 0.25) is 5.91 Å². The Morgan fingerprint density at radius 1 is 1.10 bits per heavy atom. The van der Waals surface area contributed by atoms with Crippen molar-refractivity contribution >= 4 is 11.8 Å². The fourth-order valence-electron chi connectivity index (χ4n) is 2.78. The van der Waals surface area contributed by atoms with Crippen LogP contribution in [0.15, 0.2) is 48.5 Å². The minimum Gasteiger partial charge on any atom is -0.484 e. The van der Waals surface area contributed by atoms with E-state index in [-0.39, 0.29) is 30.3 Å². The molecule has 0 bridgehead atoms. The molecule has 2 atom stereocenters. The molecule has 156 valence electrons. The highest BCUT2D eigenvalue weighted by atomic mass is 19.1. The predicted molar refractivity (Wildman–Crippen MR) is 111 cm³/mol. The number of ether oxygens (including phenoxy) is 1. The van der Waals surface area contributed by atoms with E-state index in [1.807, 2.05) is 45.0 Å². The molecule has 2 rings (SSSR count). The first-order valence-electron chi connectivity index (χ1n) is 9.84. The van der Waals surface area contributed by atoms with E-state index >= 15 is 0 Å².